The third-order valence-electron chi connectivity index (χ3n) is 3.92. The fourth-order valence-corrected chi connectivity index (χ4v) is 2.82. The Hall–Kier alpha value is -3.05. The van der Waals surface area contributed by atoms with Gasteiger partial charge in [0.15, 0.2) is 0 Å². The van der Waals surface area contributed by atoms with Crippen molar-refractivity contribution in [3.8, 4) is 5.75 Å². The average molecular weight is 396 g/mol. The van der Waals surface area contributed by atoms with Crippen molar-refractivity contribution in [2.24, 2.45) is 0 Å². The van der Waals surface area contributed by atoms with E-state index in [2.05, 4.69) is 15.6 Å². The van der Waals surface area contributed by atoms with E-state index in [9.17, 15) is 4.79 Å². The van der Waals surface area contributed by atoms with Gasteiger partial charge in [0.1, 0.15) is 11.4 Å². The van der Waals surface area contributed by atoms with Crippen molar-refractivity contribution in [1.82, 2.24) is 10.3 Å². The molecule has 0 bridgehead atoms. The number of anilines is 2. The Morgan fingerprint density at radius 1 is 1.11 bits per heavy atom. The highest BCUT2D eigenvalue weighted by Crippen LogP contribution is 2.28. The predicted octanol–water partition coefficient (Wildman–Crippen LogP) is 5.20. The van der Waals surface area contributed by atoms with Crippen LogP contribution < -0.4 is 15.4 Å². The lowest BCUT2D eigenvalue weighted by Gasteiger charge is -2.15. The standard InChI is InChI=1S/C22H22ClN3O2/c1-15(2)28-21-10-6-5-9-19(21)26-17-11-12-24-20(13-17)22(27)25-14-16-7-3-4-8-18(16)23/h3-13,15H,14H2,1-2H3,(H,24,26)(H,25,27). The van der Waals surface area contributed by atoms with Gasteiger partial charge in [0.25, 0.3) is 5.91 Å². The second-order valence-electron chi connectivity index (χ2n) is 6.49. The molecule has 0 unspecified atom stereocenters. The van der Waals surface area contributed by atoms with Gasteiger partial charge in [-0.15, -0.1) is 0 Å². The number of carbonyl (C=O) groups excluding carboxylic acids is 1. The van der Waals surface area contributed by atoms with Gasteiger partial charge < -0.3 is 15.4 Å². The van der Waals surface area contributed by atoms with Gasteiger partial charge in [-0.3, -0.25) is 9.78 Å². The lowest BCUT2D eigenvalue weighted by atomic mass is 10.2. The number of amides is 1. The van der Waals surface area contributed by atoms with Crippen molar-refractivity contribution in [2.45, 2.75) is 26.5 Å². The highest BCUT2D eigenvalue weighted by atomic mass is 35.5. The fourth-order valence-electron chi connectivity index (χ4n) is 2.62. The Labute approximate surface area is 169 Å². The van der Waals surface area contributed by atoms with E-state index >= 15 is 0 Å². The van der Waals surface area contributed by atoms with E-state index in [0.29, 0.717) is 17.3 Å². The Balaban J connectivity index is 1.70. The van der Waals surface area contributed by atoms with Crippen LogP contribution in [0.25, 0.3) is 0 Å². The lowest BCUT2D eigenvalue weighted by Crippen LogP contribution is -2.24. The van der Waals surface area contributed by atoms with Crippen molar-refractivity contribution in [2.75, 3.05) is 5.32 Å². The van der Waals surface area contributed by atoms with Crippen LogP contribution in [0.4, 0.5) is 11.4 Å². The molecule has 2 aromatic carbocycles. The van der Waals surface area contributed by atoms with Crippen LogP contribution in [0.5, 0.6) is 5.75 Å². The summed E-state index contributed by atoms with van der Waals surface area (Å²) in [4.78, 5) is 16.6. The molecule has 3 aromatic rings. The number of nitrogens with one attached hydrogen (secondary N) is 2. The van der Waals surface area contributed by atoms with E-state index in [0.717, 1.165) is 22.7 Å². The minimum atomic E-state index is -0.268. The molecule has 2 N–H and O–H groups in total. The minimum absolute atomic E-state index is 0.0616. The van der Waals surface area contributed by atoms with Gasteiger partial charge in [0, 0.05) is 23.5 Å². The summed E-state index contributed by atoms with van der Waals surface area (Å²) >= 11 is 6.13. The zero-order chi connectivity index (χ0) is 19.9. The van der Waals surface area contributed by atoms with Crippen LogP contribution >= 0.6 is 11.6 Å². The Kier molecular flexibility index (Phi) is 6.50. The summed E-state index contributed by atoms with van der Waals surface area (Å²) in [7, 11) is 0. The molecule has 0 fully saturated rings. The molecule has 0 saturated carbocycles. The summed E-state index contributed by atoms with van der Waals surface area (Å²) in [6, 6.07) is 18.6. The number of ether oxygens (including phenoxy) is 1. The van der Waals surface area contributed by atoms with Gasteiger partial charge in [-0.25, -0.2) is 0 Å². The maximum atomic E-state index is 12.5. The summed E-state index contributed by atoms with van der Waals surface area (Å²) in [6.45, 7) is 4.29. The molecule has 0 aliphatic heterocycles. The summed E-state index contributed by atoms with van der Waals surface area (Å²) < 4.78 is 5.82. The van der Waals surface area contributed by atoms with Crippen molar-refractivity contribution in [3.63, 3.8) is 0 Å². The molecule has 0 spiro atoms. The van der Waals surface area contributed by atoms with Gasteiger partial charge in [0.2, 0.25) is 0 Å². The largest absolute Gasteiger partial charge is 0.489 e. The first-order valence-corrected chi connectivity index (χ1v) is 9.41. The van der Waals surface area contributed by atoms with Crippen molar-refractivity contribution >= 4 is 28.9 Å². The zero-order valence-corrected chi connectivity index (χ0v) is 16.5. The number of carbonyl (C=O) groups is 1. The summed E-state index contributed by atoms with van der Waals surface area (Å²) in [6.07, 6.45) is 1.66. The van der Waals surface area contributed by atoms with Crippen LogP contribution in [-0.4, -0.2) is 17.0 Å². The zero-order valence-electron chi connectivity index (χ0n) is 15.8. The number of pyridine rings is 1. The van der Waals surface area contributed by atoms with Gasteiger partial charge in [-0.05, 0) is 49.7 Å². The minimum Gasteiger partial charge on any atom is -0.489 e. The SMILES string of the molecule is CC(C)Oc1ccccc1Nc1ccnc(C(=O)NCc2ccccc2Cl)c1. The van der Waals surface area contributed by atoms with E-state index in [4.69, 9.17) is 16.3 Å². The molecule has 0 atom stereocenters. The van der Waals surface area contributed by atoms with Gasteiger partial charge in [-0.2, -0.15) is 0 Å². The molecule has 3 rings (SSSR count). The highest BCUT2D eigenvalue weighted by Gasteiger charge is 2.10. The average Bonchev–Trinajstić information content (AvgIpc) is 2.68. The molecule has 0 saturated heterocycles. The van der Waals surface area contributed by atoms with Crippen LogP contribution in [0.2, 0.25) is 5.02 Å². The molecule has 1 amide bonds. The van der Waals surface area contributed by atoms with E-state index < -0.39 is 0 Å². The maximum absolute atomic E-state index is 12.5. The van der Waals surface area contributed by atoms with Crippen LogP contribution in [0.3, 0.4) is 0 Å². The summed E-state index contributed by atoms with van der Waals surface area (Å²) in [5.74, 6) is 0.481. The molecule has 5 nitrogen and oxygen atoms in total. The smallest absolute Gasteiger partial charge is 0.270 e. The molecule has 1 aromatic heterocycles. The first kappa shape index (κ1) is 19.7. The molecule has 28 heavy (non-hydrogen) atoms. The maximum Gasteiger partial charge on any atom is 0.270 e. The predicted molar refractivity (Wildman–Crippen MR) is 112 cm³/mol. The van der Waals surface area contributed by atoms with Crippen molar-refractivity contribution in [1.29, 1.82) is 0 Å². The Morgan fingerprint density at radius 3 is 2.64 bits per heavy atom. The molecule has 0 aliphatic carbocycles. The summed E-state index contributed by atoms with van der Waals surface area (Å²) in [5.41, 5.74) is 2.74. The third-order valence-corrected chi connectivity index (χ3v) is 4.29. The van der Waals surface area contributed by atoms with E-state index in [1.165, 1.54) is 0 Å². The Morgan fingerprint density at radius 2 is 1.86 bits per heavy atom. The van der Waals surface area contributed by atoms with Crippen molar-refractivity contribution in [3.05, 3.63) is 83.1 Å². The molecule has 6 heteroatoms. The molecule has 0 aliphatic rings. The van der Waals surface area contributed by atoms with Crippen molar-refractivity contribution < 1.29 is 9.53 Å². The Bertz CT molecular complexity index is 960. The van der Waals surface area contributed by atoms with Gasteiger partial charge in [0.05, 0.1) is 11.8 Å². The van der Waals surface area contributed by atoms with Crippen LogP contribution in [0.1, 0.15) is 29.9 Å². The molecule has 144 valence electrons. The number of nitrogens with zero attached hydrogens (tertiary/aromatic N) is 1. The van der Waals surface area contributed by atoms with Gasteiger partial charge in [-0.1, -0.05) is 41.9 Å². The molecule has 0 radical (unpaired) electrons. The topological polar surface area (TPSA) is 63.2 Å². The number of benzene rings is 2. The van der Waals surface area contributed by atoms with E-state index in [1.54, 1.807) is 24.4 Å². The first-order valence-electron chi connectivity index (χ1n) is 9.03. The number of halogens is 1. The van der Waals surface area contributed by atoms with Gasteiger partial charge >= 0.3 is 0 Å². The third kappa shape index (κ3) is 5.24. The second kappa shape index (κ2) is 9.24. The molecule has 1 heterocycles. The number of rotatable bonds is 7. The normalized spacial score (nSPS) is 10.6. The monoisotopic (exact) mass is 395 g/mol. The number of para-hydroxylation sites is 2. The first-order chi connectivity index (χ1) is 13.5. The van der Waals surface area contributed by atoms with E-state index in [1.807, 2.05) is 56.3 Å². The van der Waals surface area contributed by atoms with Crippen LogP contribution in [-0.2, 0) is 6.54 Å². The lowest BCUT2D eigenvalue weighted by molar-refractivity contribution is 0.0946. The highest BCUT2D eigenvalue weighted by molar-refractivity contribution is 6.31. The number of hydrogen-bond acceptors (Lipinski definition) is 4. The molecular weight excluding hydrogens is 374 g/mol. The fraction of sp³-hybridized carbons (Fsp3) is 0.182. The quantitative estimate of drug-likeness (QED) is 0.577. The van der Waals surface area contributed by atoms with Crippen LogP contribution in [0, 0.1) is 0 Å². The molecular formula is C22H22ClN3O2. The number of hydrogen-bond donors (Lipinski definition) is 2. The number of aromatic nitrogens is 1. The summed E-state index contributed by atoms with van der Waals surface area (Å²) in [5, 5.41) is 6.75. The second-order valence-corrected chi connectivity index (χ2v) is 6.90. The van der Waals surface area contributed by atoms with E-state index in [-0.39, 0.29) is 12.0 Å². The van der Waals surface area contributed by atoms with Crippen LogP contribution in [0.15, 0.2) is 66.9 Å².